The minimum absolute atomic E-state index is 1.22. The summed E-state index contributed by atoms with van der Waals surface area (Å²) in [5.41, 5.74) is 0. The summed E-state index contributed by atoms with van der Waals surface area (Å²) < 4.78 is 41.8. The van der Waals surface area contributed by atoms with Gasteiger partial charge in [0.2, 0.25) is 0 Å². The Morgan fingerprint density at radius 1 is 0.515 bits per heavy atom. The normalized spacial score (nSPS) is 11.1. The van der Waals surface area contributed by atoms with Crippen molar-refractivity contribution in [2.45, 2.75) is 119 Å². The fraction of sp³-hybridized carbons (Fsp3) is 0.960. The zero-order valence-electron chi connectivity index (χ0n) is 22.7. The number of hydrogen-bond acceptors (Lipinski definition) is 0. The third-order valence-corrected chi connectivity index (χ3v) is 5.54. The van der Waals surface area contributed by atoms with Crippen molar-refractivity contribution >= 4 is 13.2 Å². The minimum atomic E-state index is -6.00. The maximum atomic E-state index is 9.75. The molecule has 0 N–H and O–H groups in total. The van der Waals surface area contributed by atoms with Gasteiger partial charge in [0.1, 0.15) is 0 Å². The van der Waals surface area contributed by atoms with Crippen molar-refractivity contribution in [3.05, 3.63) is 0 Å². The number of nitrogens with zero attached hydrogens (tertiary/aromatic N) is 3. The van der Waals surface area contributed by atoms with Crippen molar-refractivity contribution in [1.82, 2.24) is 9.80 Å². The van der Waals surface area contributed by atoms with Gasteiger partial charge in [-0.05, 0) is 38.5 Å². The van der Waals surface area contributed by atoms with Crippen LogP contribution in [-0.4, -0.2) is 66.9 Å². The van der Waals surface area contributed by atoms with Crippen LogP contribution in [-0.2, 0) is 0 Å². The van der Waals surface area contributed by atoms with E-state index in [0.29, 0.717) is 0 Å². The van der Waals surface area contributed by atoms with Crippen LogP contribution in [0.1, 0.15) is 119 Å². The zero-order chi connectivity index (χ0) is 25.5. The molecule has 200 valence electrons. The lowest BCUT2D eigenvalue weighted by atomic mass is 10.2. The summed E-state index contributed by atoms with van der Waals surface area (Å²) in [5.74, 6) is 1.57. The first-order valence-corrected chi connectivity index (χ1v) is 13.7. The SMILES string of the molecule is CCCCN(CCCC)C(N(CCCC)CCCC)=[N+](CCCC)CCCC.F[B-](F)(F)F. The fourth-order valence-electron chi connectivity index (χ4n) is 3.63. The minimum Gasteiger partial charge on any atom is -0.418 e. The number of rotatable bonds is 18. The largest absolute Gasteiger partial charge is 0.673 e. The Hall–Kier alpha value is -0.945. The molecule has 0 saturated heterocycles. The molecule has 3 nitrogen and oxygen atoms in total. The second-order valence-electron chi connectivity index (χ2n) is 8.88. The number of unbranched alkanes of at least 4 members (excludes halogenated alkanes) is 6. The van der Waals surface area contributed by atoms with Crippen LogP contribution in [0.3, 0.4) is 0 Å². The first-order valence-electron chi connectivity index (χ1n) is 13.7. The monoisotopic (exact) mass is 483 g/mol. The Morgan fingerprint density at radius 2 is 0.758 bits per heavy atom. The molecule has 0 bridgehead atoms. The standard InChI is InChI=1S/C25H54N3.BF4/c1-7-13-19-26(20-14-8-2)25(27(21-15-9-3)22-16-10-4)28(23-17-11-5)24-18-12-6;2-1(3,4)5/h7-24H2,1-6H3;/q+1;-1. The van der Waals surface area contributed by atoms with Crippen molar-refractivity contribution in [3.8, 4) is 0 Å². The van der Waals surface area contributed by atoms with Gasteiger partial charge in [0.25, 0.3) is 0 Å². The summed E-state index contributed by atoms with van der Waals surface area (Å²) in [6.07, 6.45) is 15.5. The first-order chi connectivity index (χ1) is 15.7. The van der Waals surface area contributed by atoms with Crippen molar-refractivity contribution in [3.63, 3.8) is 0 Å². The molecular formula is C25H54BF4N3. The number of hydrogen-bond donors (Lipinski definition) is 0. The van der Waals surface area contributed by atoms with E-state index in [1.54, 1.807) is 5.96 Å². The summed E-state index contributed by atoms with van der Waals surface area (Å²) in [7, 11) is -6.00. The third kappa shape index (κ3) is 21.3. The second kappa shape index (κ2) is 22.8. The average molecular weight is 484 g/mol. The molecule has 0 atom stereocenters. The molecule has 33 heavy (non-hydrogen) atoms. The molecule has 0 aliphatic rings. The van der Waals surface area contributed by atoms with Crippen LogP contribution in [0.25, 0.3) is 0 Å². The lowest BCUT2D eigenvalue weighted by Crippen LogP contribution is -2.51. The summed E-state index contributed by atoms with van der Waals surface area (Å²) in [4.78, 5) is 5.54. The van der Waals surface area contributed by atoms with Crippen LogP contribution in [0.5, 0.6) is 0 Å². The summed E-state index contributed by atoms with van der Waals surface area (Å²) in [6.45, 7) is 21.3. The van der Waals surface area contributed by atoms with E-state index in [-0.39, 0.29) is 0 Å². The van der Waals surface area contributed by atoms with Crippen LogP contribution < -0.4 is 0 Å². The van der Waals surface area contributed by atoms with Crippen molar-refractivity contribution in [2.24, 2.45) is 0 Å². The summed E-state index contributed by atoms with van der Waals surface area (Å²) >= 11 is 0. The second-order valence-corrected chi connectivity index (χ2v) is 8.88. The molecule has 0 fully saturated rings. The van der Waals surface area contributed by atoms with Gasteiger partial charge in [0.05, 0.1) is 39.3 Å². The topological polar surface area (TPSA) is 9.49 Å². The van der Waals surface area contributed by atoms with Gasteiger partial charge in [-0.15, -0.1) is 0 Å². The third-order valence-electron chi connectivity index (χ3n) is 5.54. The van der Waals surface area contributed by atoms with Gasteiger partial charge < -0.3 is 17.3 Å². The smallest absolute Gasteiger partial charge is 0.418 e. The van der Waals surface area contributed by atoms with E-state index in [2.05, 4.69) is 55.9 Å². The first kappa shape index (κ1) is 34.2. The van der Waals surface area contributed by atoms with Gasteiger partial charge >= 0.3 is 13.2 Å². The molecule has 0 aromatic rings. The highest BCUT2D eigenvalue weighted by atomic mass is 19.5. The number of guanidine groups is 1. The molecule has 0 unspecified atom stereocenters. The van der Waals surface area contributed by atoms with Gasteiger partial charge in [-0.1, -0.05) is 80.1 Å². The Morgan fingerprint density at radius 3 is 0.970 bits per heavy atom. The molecule has 8 heteroatoms. The van der Waals surface area contributed by atoms with Gasteiger partial charge in [-0.3, -0.25) is 14.4 Å². The van der Waals surface area contributed by atoms with Gasteiger partial charge in [-0.2, -0.15) is 0 Å². The van der Waals surface area contributed by atoms with Gasteiger partial charge in [0.15, 0.2) is 0 Å². The fourth-order valence-corrected chi connectivity index (χ4v) is 3.63. The van der Waals surface area contributed by atoms with E-state index in [9.17, 15) is 17.3 Å². The summed E-state index contributed by atoms with van der Waals surface area (Å²) in [5, 5.41) is 0. The summed E-state index contributed by atoms with van der Waals surface area (Å²) in [6, 6.07) is 0. The van der Waals surface area contributed by atoms with Crippen LogP contribution in [0.4, 0.5) is 17.3 Å². The van der Waals surface area contributed by atoms with Crippen molar-refractivity contribution < 1.29 is 21.8 Å². The maximum absolute atomic E-state index is 9.75. The molecule has 0 heterocycles. The highest BCUT2D eigenvalue weighted by molar-refractivity contribution is 6.50. The van der Waals surface area contributed by atoms with Crippen LogP contribution in [0.15, 0.2) is 0 Å². The van der Waals surface area contributed by atoms with Crippen molar-refractivity contribution in [1.29, 1.82) is 0 Å². The molecule has 0 amide bonds. The predicted octanol–water partition coefficient (Wildman–Crippen LogP) is 8.06. The van der Waals surface area contributed by atoms with E-state index in [1.165, 1.54) is 116 Å². The van der Waals surface area contributed by atoms with E-state index < -0.39 is 7.25 Å². The Labute approximate surface area is 203 Å². The molecule has 0 radical (unpaired) electrons. The van der Waals surface area contributed by atoms with Crippen LogP contribution >= 0.6 is 0 Å². The quantitative estimate of drug-likeness (QED) is 0.0641. The Balaban J connectivity index is 0. The van der Waals surface area contributed by atoms with E-state index >= 15 is 0 Å². The molecule has 0 rings (SSSR count). The van der Waals surface area contributed by atoms with E-state index in [4.69, 9.17) is 0 Å². The lowest BCUT2D eigenvalue weighted by Gasteiger charge is -2.31. The molecule has 0 aromatic heterocycles. The predicted molar refractivity (Wildman–Crippen MR) is 138 cm³/mol. The van der Waals surface area contributed by atoms with E-state index in [1.807, 2.05) is 0 Å². The highest BCUT2D eigenvalue weighted by Crippen LogP contribution is 2.11. The Bertz CT molecular complexity index is 405. The van der Waals surface area contributed by atoms with Crippen LogP contribution in [0.2, 0.25) is 0 Å². The zero-order valence-corrected chi connectivity index (χ0v) is 22.7. The molecule has 0 saturated carbocycles. The van der Waals surface area contributed by atoms with Gasteiger partial charge in [-0.25, -0.2) is 0 Å². The molecule has 0 aliphatic carbocycles. The average Bonchev–Trinajstić information content (AvgIpc) is 2.76. The van der Waals surface area contributed by atoms with Gasteiger partial charge in [0, 0.05) is 0 Å². The lowest BCUT2D eigenvalue weighted by molar-refractivity contribution is -0.539. The molecular weight excluding hydrogens is 429 g/mol. The highest BCUT2D eigenvalue weighted by Gasteiger charge is 2.28. The molecule has 0 aliphatic heterocycles. The van der Waals surface area contributed by atoms with Crippen LogP contribution in [0, 0.1) is 0 Å². The molecule has 0 spiro atoms. The molecule has 0 aromatic carbocycles. The Kier molecular flexibility index (Phi) is 23.7. The maximum Gasteiger partial charge on any atom is 0.673 e. The number of halogens is 4. The van der Waals surface area contributed by atoms with E-state index in [0.717, 1.165) is 0 Å². The van der Waals surface area contributed by atoms with Crippen molar-refractivity contribution in [2.75, 3.05) is 39.3 Å².